The number of rotatable bonds is 2. The van der Waals surface area contributed by atoms with Gasteiger partial charge in [0.1, 0.15) is 6.10 Å². The molecule has 0 aromatic heterocycles. The molecular weight excluding hydrogens is 194 g/mol. The highest BCUT2D eigenvalue weighted by atomic mass is 16.5. The van der Waals surface area contributed by atoms with E-state index in [1.807, 2.05) is 12.2 Å². The van der Waals surface area contributed by atoms with Crippen molar-refractivity contribution in [2.45, 2.75) is 44.8 Å². The Morgan fingerprint density at radius 3 is 3.07 bits per heavy atom. The summed E-state index contributed by atoms with van der Waals surface area (Å²) >= 11 is 0. The van der Waals surface area contributed by atoms with Gasteiger partial charge in [-0.05, 0) is 31.2 Å². The first-order valence-corrected chi connectivity index (χ1v) is 5.12. The minimum Gasteiger partial charge on any atom is -0.462 e. The zero-order valence-electron chi connectivity index (χ0n) is 8.80. The van der Waals surface area contributed by atoms with Crippen LogP contribution in [-0.2, 0) is 9.53 Å². The van der Waals surface area contributed by atoms with E-state index in [1.54, 1.807) is 0 Å². The molecule has 1 aliphatic rings. The minimum atomic E-state index is -0.362. The smallest absolute Gasteiger partial charge is 0.302 e. The lowest BCUT2D eigenvalue weighted by Crippen LogP contribution is -2.28. The van der Waals surface area contributed by atoms with Crippen LogP contribution < -0.4 is 0 Å². The van der Waals surface area contributed by atoms with Gasteiger partial charge in [-0.15, -0.1) is 0 Å². The Balaban J connectivity index is 2.74. The van der Waals surface area contributed by atoms with Crippen molar-refractivity contribution >= 4 is 5.97 Å². The van der Waals surface area contributed by atoms with Crippen LogP contribution in [0.2, 0.25) is 0 Å². The van der Waals surface area contributed by atoms with Crippen LogP contribution in [0.15, 0.2) is 17.3 Å². The Hall–Kier alpha value is -1.48. The zero-order chi connectivity index (χ0) is 11.1. The van der Waals surface area contributed by atoms with Gasteiger partial charge < -0.3 is 4.74 Å². The molecule has 0 aliphatic heterocycles. The van der Waals surface area contributed by atoms with Crippen molar-refractivity contribution in [3.8, 4) is 0 Å². The second kappa shape index (κ2) is 6.09. The summed E-state index contributed by atoms with van der Waals surface area (Å²) in [6.45, 7) is 1.37. The monoisotopic (exact) mass is 209 g/mol. The molecule has 0 aromatic rings. The average Bonchev–Trinajstić information content (AvgIpc) is 2.15. The summed E-state index contributed by atoms with van der Waals surface area (Å²) in [5.74, 6) is -0.327. The van der Waals surface area contributed by atoms with Crippen LogP contribution >= 0.6 is 0 Å². The molecule has 0 aromatic carbocycles. The van der Waals surface area contributed by atoms with Crippen LogP contribution in [0, 0.1) is 0 Å². The molecule has 82 valence electrons. The normalized spacial score (nSPS) is 28.1. The number of azide groups is 1. The quantitative estimate of drug-likeness (QED) is 0.230. The second-order valence-corrected chi connectivity index (χ2v) is 3.56. The van der Waals surface area contributed by atoms with E-state index in [4.69, 9.17) is 10.3 Å². The van der Waals surface area contributed by atoms with Gasteiger partial charge in [0.05, 0.1) is 6.04 Å². The maximum absolute atomic E-state index is 10.9. The van der Waals surface area contributed by atoms with E-state index >= 15 is 0 Å². The second-order valence-electron chi connectivity index (χ2n) is 3.56. The Morgan fingerprint density at radius 1 is 1.60 bits per heavy atom. The molecule has 15 heavy (non-hydrogen) atoms. The van der Waals surface area contributed by atoms with Gasteiger partial charge in [0, 0.05) is 11.8 Å². The lowest BCUT2D eigenvalue weighted by Gasteiger charge is -2.22. The summed E-state index contributed by atoms with van der Waals surface area (Å²) in [4.78, 5) is 13.7. The molecule has 5 nitrogen and oxygen atoms in total. The number of carbonyl (C=O) groups excluding carboxylic acids is 1. The molecule has 0 unspecified atom stereocenters. The van der Waals surface area contributed by atoms with Crippen molar-refractivity contribution in [1.82, 2.24) is 0 Å². The standard InChI is InChI=1S/C10H15N3O2/c1-8(14)15-10-7-5-3-2-4-6-9(10)12-13-11/h4,6,9-10H,2-3,5,7H2,1H3/b6-4-/t9-,10-/m1/s1. The van der Waals surface area contributed by atoms with Gasteiger partial charge in [-0.3, -0.25) is 4.79 Å². The molecule has 0 heterocycles. The van der Waals surface area contributed by atoms with Crippen molar-refractivity contribution in [1.29, 1.82) is 0 Å². The van der Waals surface area contributed by atoms with Crippen LogP contribution in [0.3, 0.4) is 0 Å². The third-order valence-electron chi connectivity index (χ3n) is 2.33. The van der Waals surface area contributed by atoms with E-state index in [2.05, 4.69) is 10.0 Å². The summed E-state index contributed by atoms with van der Waals surface area (Å²) in [6.07, 6.45) is 7.31. The first-order chi connectivity index (χ1) is 7.24. The Labute approximate surface area is 88.7 Å². The van der Waals surface area contributed by atoms with E-state index < -0.39 is 0 Å². The molecule has 0 saturated carbocycles. The Morgan fingerprint density at radius 2 is 2.40 bits per heavy atom. The van der Waals surface area contributed by atoms with Crippen LogP contribution in [0.1, 0.15) is 32.6 Å². The number of esters is 1. The molecule has 0 fully saturated rings. The number of ether oxygens (including phenoxy) is 1. The highest BCUT2D eigenvalue weighted by molar-refractivity contribution is 5.66. The first-order valence-electron chi connectivity index (χ1n) is 5.12. The largest absolute Gasteiger partial charge is 0.462 e. The summed E-state index contributed by atoms with van der Waals surface area (Å²) in [5, 5.41) is 3.64. The number of carbonyl (C=O) groups is 1. The lowest BCUT2D eigenvalue weighted by molar-refractivity contribution is -0.147. The van der Waals surface area contributed by atoms with E-state index in [0.717, 1.165) is 25.7 Å². The van der Waals surface area contributed by atoms with Crippen LogP contribution in [0.4, 0.5) is 0 Å². The highest BCUT2D eigenvalue weighted by Crippen LogP contribution is 2.18. The van der Waals surface area contributed by atoms with E-state index in [9.17, 15) is 4.79 Å². The summed E-state index contributed by atoms with van der Waals surface area (Å²) in [6, 6.07) is -0.362. The van der Waals surface area contributed by atoms with Gasteiger partial charge in [-0.2, -0.15) is 0 Å². The Bertz CT molecular complexity index is 295. The Kier molecular flexibility index (Phi) is 4.71. The van der Waals surface area contributed by atoms with Crippen LogP contribution in [0.5, 0.6) is 0 Å². The van der Waals surface area contributed by atoms with E-state index in [-0.39, 0.29) is 18.1 Å². The fourth-order valence-corrected chi connectivity index (χ4v) is 1.65. The molecule has 0 bridgehead atoms. The molecule has 2 atom stereocenters. The molecule has 0 N–H and O–H groups in total. The SMILES string of the molecule is CC(=O)O[C@@H]1CCCC/C=C\[C@H]1N=[N+]=[N-]. The number of nitrogens with zero attached hydrogens (tertiary/aromatic N) is 3. The van der Waals surface area contributed by atoms with Crippen molar-refractivity contribution in [2.75, 3.05) is 0 Å². The first kappa shape index (κ1) is 11.6. The number of hydrogen-bond donors (Lipinski definition) is 0. The van der Waals surface area contributed by atoms with Crippen LogP contribution in [0.25, 0.3) is 10.4 Å². The minimum absolute atomic E-state index is 0.310. The van der Waals surface area contributed by atoms with Crippen molar-refractivity contribution in [3.63, 3.8) is 0 Å². The summed E-state index contributed by atoms with van der Waals surface area (Å²) in [7, 11) is 0. The van der Waals surface area contributed by atoms with Gasteiger partial charge in [-0.1, -0.05) is 17.3 Å². The van der Waals surface area contributed by atoms with Crippen LogP contribution in [-0.4, -0.2) is 18.1 Å². The van der Waals surface area contributed by atoms with Crippen molar-refractivity contribution in [3.05, 3.63) is 22.6 Å². The van der Waals surface area contributed by atoms with E-state index in [1.165, 1.54) is 6.92 Å². The van der Waals surface area contributed by atoms with Gasteiger partial charge >= 0.3 is 5.97 Å². The topological polar surface area (TPSA) is 75.1 Å². The maximum atomic E-state index is 10.9. The number of hydrogen-bond acceptors (Lipinski definition) is 3. The molecule has 1 rings (SSSR count). The summed E-state index contributed by atoms with van der Waals surface area (Å²) in [5.41, 5.74) is 8.42. The molecule has 0 saturated heterocycles. The average molecular weight is 209 g/mol. The molecule has 0 spiro atoms. The predicted octanol–water partition coefficient (Wildman–Crippen LogP) is 2.73. The molecule has 1 aliphatic carbocycles. The van der Waals surface area contributed by atoms with Crippen molar-refractivity contribution in [2.24, 2.45) is 5.11 Å². The third kappa shape index (κ3) is 4.04. The molecule has 0 radical (unpaired) electrons. The highest BCUT2D eigenvalue weighted by Gasteiger charge is 2.21. The van der Waals surface area contributed by atoms with Gasteiger partial charge in [0.25, 0.3) is 0 Å². The lowest BCUT2D eigenvalue weighted by atomic mass is 10.00. The molecule has 0 amide bonds. The van der Waals surface area contributed by atoms with Gasteiger partial charge in [0.2, 0.25) is 0 Å². The predicted molar refractivity (Wildman–Crippen MR) is 56.1 cm³/mol. The summed E-state index contributed by atoms with van der Waals surface area (Å²) < 4.78 is 5.14. The molecular formula is C10H15N3O2. The van der Waals surface area contributed by atoms with Gasteiger partial charge in [0.15, 0.2) is 0 Å². The fourth-order valence-electron chi connectivity index (χ4n) is 1.65. The van der Waals surface area contributed by atoms with Gasteiger partial charge in [-0.25, -0.2) is 0 Å². The fraction of sp³-hybridized carbons (Fsp3) is 0.700. The van der Waals surface area contributed by atoms with Crippen molar-refractivity contribution < 1.29 is 9.53 Å². The maximum Gasteiger partial charge on any atom is 0.302 e. The third-order valence-corrected chi connectivity index (χ3v) is 2.33. The zero-order valence-corrected chi connectivity index (χ0v) is 8.80. The number of allylic oxidation sites excluding steroid dienone is 1. The van der Waals surface area contributed by atoms with E-state index in [0.29, 0.717) is 0 Å². The molecule has 5 heteroatoms.